The topological polar surface area (TPSA) is 84.9 Å². The Morgan fingerprint density at radius 1 is 0.939 bits per heavy atom. The summed E-state index contributed by atoms with van der Waals surface area (Å²) in [5, 5.41) is 2.90. The molecule has 0 aliphatic carbocycles. The third-order valence-electron chi connectivity index (χ3n) is 5.55. The maximum Gasteiger partial charge on any atom is 0.243 e. The number of rotatable bonds is 7. The first-order chi connectivity index (χ1) is 16.0. The van der Waals surface area contributed by atoms with Gasteiger partial charge in [0, 0.05) is 18.8 Å². The van der Waals surface area contributed by atoms with Crippen LogP contribution in [0, 0.1) is 5.92 Å². The van der Waals surface area contributed by atoms with Crippen molar-refractivity contribution >= 4 is 21.6 Å². The lowest BCUT2D eigenvalue weighted by atomic mass is 9.99. The van der Waals surface area contributed by atoms with Gasteiger partial charge in [-0.05, 0) is 61.4 Å². The van der Waals surface area contributed by atoms with E-state index < -0.39 is 15.9 Å². The molecule has 4 rings (SSSR count). The molecule has 0 saturated carbocycles. The molecule has 1 aliphatic rings. The Bertz CT molecular complexity index is 1200. The summed E-state index contributed by atoms with van der Waals surface area (Å²) >= 11 is 0. The summed E-state index contributed by atoms with van der Waals surface area (Å²) in [7, 11) is -2.03. The van der Waals surface area contributed by atoms with E-state index in [4.69, 9.17) is 9.47 Å². The maximum absolute atomic E-state index is 12.9. The van der Waals surface area contributed by atoms with Crippen molar-refractivity contribution < 1.29 is 22.7 Å². The molecule has 1 fully saturated rings. The number of sulfonamides is 1. The Morgan fingerprint density at radius 2 is 1.61 bits per heavy atom. The molecule has 0 spiro atoms. The van der Waals surface area contributed by atoms with Crippen molar-refractivity contribution in [3.8, 4) is 17.2 Å². The molecule has 1 saturated heterocycles. The van der Waals surface area contributed by atoms with Crippen molar-refractivity contribution in [1.82, 2.24) is 4.31 Å². The molecule has 1 aliphatic heterocycles. The lowest BCUT2D eigenvalue weighted by Crippen LogP contribution is -2.43. The first-order valence-electron chi connectivity index (χ1n) is 10.7. The summed E-state index contributed by atoms with van der Waals surface area (Å²) in [4.78, 5) is 13.1. The zero-order chi connectivity index (χ0) is 23.3. The second kappa shape index (κ2) is 10.1. The van der Waals surface area contributed by atoms with Crippen molar-refractivity contribution in [1.29, 1.82) is 0 Å². The van der Waals surface area contributed by atoms with Crippen LogP contribution in [0.2, 0.25) is 0 Å². The Morgan fingerprint density at radius 3 is 2.30 bits per heavy atom. The zero-order valence-corrected chi connectivity index (χ0v) is 19.1. The van der Waals surface area contributed by atoms with Gasteiger partial charge in [-0.15, -0.1) is 0 Å². The van der Waals surface area contributed by atoms with Crippen molar-refractivity contribution in [2.45, 2.75) is 17.7 Å². The molecule has 8 heteroatoms. The number of benzene rings is 3. The average Bonchev–Trinajstić information content (AvgIpc) is 2.86. The highest BCUT2D eigenvalue weighted by molar-refractivity contribution is 7.89. The lowest BCUT2D eigenvalue weighted by Gasteiger charge is -2.31. The minimum atomic E-state index is -3.62. The molecular formula is C25H26N2O5S. The monoisotopic (exact) mass is 466 g/mol. The third-order valence-corrected chi connectivity index (χ3v) is 7.43. The van der Waals surface area contributed by atoms with Gasteiger partial charge in [0.05, 0.1) is 17.9 Å². The minimum Gasteiger partial charge on any atom is -0.493 e. The molecule has 0 radical (unpaired) electrons. The van der Waals surface area contributed by atoms with Gasteiger partial charge in [0.2, 0.25) is 15.9 Å². The summed E-state index contributed by atoms with van der Waals surface area (Å²) < 4.78 is 38.4. The van der Waals surface area contributed by atoms with Crippen molar-refractivity contribution in [2.24, 2.45) is 5.92 Å². The van der Waals surface area contributed by atoms with Gasteiger partial charge in [0.15, 0.2) is 11.5 Å². The number of hydrogen-bond donors (Lipinski definition) is 1. The van der Waals surface area contributed by atoms with E-state index in [9.17, 15) is 13.2 Å². The smallest absolute Gasteiger partial charge is 0.243 e. The van der Waals surface area contributed by atoms with E-state index in [0.717, 1.165) is 0 Å². The highest BCUT2D eigenvalue weighted by Gasteiger charge is 2.33. The van der Waals surface area contributed by atoms with Gasteiger partial charge in [-0.25, -0.2) is 8.42 Å². The number of piperidine rings is 1. The lowest BCUT2D eigenvalue weighted by molar-refractivity contribution is -0.120. The zero-order valence-electron chi connectivity index (χ0n) is 18.3. The molecule has 1 unspecified atom stereocenters. The predicted molar refractivity (Wildman–Crippen MR) is 126 cm³/mol. The van der Waals surface area contributed by atoms with E-state index in [1.165, 1.54) is 4.31 Å². The predicted octanol–water partition coefficient (Wildman–Crippen LogP) is 4.53. The van der Waals surface area contributed by atoms with Crippen LogP contribution in [0.5, 0.6) is 17.2 Å². The maximum atomic E-state index is 12.9. The summed E-state index contributed by atoms with van der Waals surface area (Å²) in [6.07, 6.45) is 1.28. The fourth-order valence-electron chi connectivity index (χ4n) is 3.80. The molecule has 1 heterocycles. The van der Waals surface area contributed by atoms with Crippen LogP contribution in [-0.2, 0) is 14.8 Å². The van der Waals surface area contributed by atoms with E-state index >= 15 is 0 Å². The first-order valence-corrected chi connectivity index (χ1v) is 12.2. The third kappa shape index (κ3) is 5.35. The first kappa shape index (κ1) is 22.8. The Hall–Kier alpha value is -3.36. The molecule has 3 aromatic rings. The molecule has 33 heavy (non-hydrogen) atoms. The Balaban J connectivity index is 1.39. The van der Waals surface area contributed by atoms with Crippen LogP contribution >= 0.6 is 0 Å². The SMILES string of the molecule is COc1ccccc1Oc1ccc(NC(=O)C2CCCN(S(=O)(=O)c3ccccc3)C2)cc1. The van der Waals surface area contributed by atoms with Crippen LogP contribution in [0.1, 0.15) is 12.8 Å². The highest BCUT2D eigenvalue weighted by Crippen LogP contribution is 2.31. The molecule has 7 nitrogen and oxygen atoms in total. The number of nitrogens with zero attached hydrogens (tertiary/aromatic N) is 1. The number of hydrogen-bond acceptors (Lipinski definition) is 5. The van der Waals surface area contributed by atoms with Crippen molar-refractivity contribution in [3.05, 3.63) is 78.9 Å². The Kier molecular flexibility index (Phi) is 6.96. The minimum absolute atomic E-state index is 0.165. The number of carbonyl (C=O) groups excluding carboxylic acids is 1. The number of ether oxygens (including phenoxy) is 2. The number of methoxy groups -OCH3 is 1. The number of amides is 1. The fraction of sp³-hybridized carbons (Fsp3) is 0.240. The Labute approximate surface area is 194 Å². The number of carbonyl (C=O) groups is 1. The van der Waals surface area contributed by atoms with Crippen LogP contribution in [0.3, 0.4) is 0 Å². The van der Waals surface area contributed by atoms with Crippen LogP contribution in [0.25, 0.3) is 0 Å². The molecule has 172 valence electrons. The van der Waals surface area contributed by atoms with Gasteiger partial charge in [0.25, 0.3) is 0 Å². The van der Waals surface area contributed by atoms with Gasteiger partial charge in [0.1, 0.15) is 5.75 Å². The molecule has 1 N–H and O–H groups in total. The van der Waals surface area contributed by atoms with E-state index in [2.05, 4.69) is 5.32 Å². The second-order valence-electron chi connectivity index (χ2n) is 7.78. The van der Waals surface area contributed by atoms with Crippen LogP contribution < -0.4 is 14.8 Å². The van der Waals surface area contributed by atoms with Gasteiger partial charge < -0.3 is 14.8 Å². The summed E-state index contributed by atoms with van der Waals surface area (Å²) in [6.45, 7) is 0.577. The fourth-order valence-corrected chi connectivity index (χ4v) is 5.34. The van der Waals surface area contributed by atoms with Crippen molar-refractivity contribution in [3.63, 3.8) is 0 Å². The average molecular weight is 467 g/mol. The molecule has 1 atom stereocenters. The van der Waals surface area contributed by atoms with Crippen LogP contribution in [0.4, 0.5) is 5.69 Å². The molecule has 1 amide bonds. The standard InChI is InChI=1S/C25H26N2O5S/c1-31-23-11-5-6-12-24(23)32-21-15-13-20(14-16-21)26-25(28)19-8-7-17-27(18-19)33(29,30)22-9-3-2-4-10-22/h2-6,9-16,19H,7-8,17-18H2,1H3,(H,26,28). The number of para-hydroxylation sites is 2. The van der Waals surface area contributed by atoms with Crippen LogP contribution in [0.15, 0.2) is 83.8 Å². The highest BCUT2D eigenvalue weighted by atomic mass is 32.2. The number of anilines is 1. The van der Waals surface area contributed by atoms with Gasteiger partial charge >= 0.3 is 0 Å². The molecule has 0 aromatic heterocycles. The quantitative estimate of drug-likeness (QED) is 0.553. The molecule has 3 aromatic carbocycles. The summed E-state index contributed by atoms with van der Waals surface area (Å²) in [5.74, 6) is 1.22. The molecular weight excluding hydrogens is 440 g/mol. The van der Waals surface area contributed by atoms with E-state index in [0.29, 0.717) is 42.3 Å². The summed E-state index contributed by atoms with van der Waals surface area (Å²) in [5.41, 5.74) is 0.621. The van der Waals surface area contributed by atoms with Gasteiger partial charge in [-0.1, -0.05) is 30.3 Å². The van der Waals surface area contributed by atoms with Crippen molar-refractivity contribution in [2.75, 3.05) is 25.5 Å². The molecule has 0 bridgehead atoms. The normalized spacial score (nSPS) is 16.7. The number of nitrogens with one attached hydrogen (secondary N) is 1. The van der Waals surface area contributed by atoms with E-state index in [1.54, 1.807) is 61.7 Å². The second-order valence-corrected chi connectivity index (χ2v) is 9.72. The van der Waals surface area contributed by atoms with Gasteiger partial charge in [-0.3, -0.25) is 4.79 Å². The van der Waals surface area contributed by atoms with E-state index in [1.807, 2.05) is 24.3 Å². The van der Waals surface area contributed by atoms with Crippen LogP contribution in [-0.4, -0.2) is 38.8 Å². The largest absolute Gasteiger partial charge is 0.493 e. The van der Waals surface area contributed by atoms with E-state index in [-0.39, 0.29) is 17.3 Å². The summed E-state index contributed by atoms with van der Waals surface area (Å²) in [6, 6.07) is 22.7. The van der Waals surface area contributed by atoms with Gasteiger partial charge in [-0.2, -0.15) is 4.31 Å².